The summed E-state index contributed by atoms with van der Waals surface area (Å²) in [6, 6.07) is 0. The summed E-state index contributed by atoms with van der Waals surface area (Å²) >= 11 is 0. The van der Waals surface area contributed by atoms with Crippen molar-refractivity contribution < 1.29 is 54.1 Å². The number of carbonyl (C=O) groups is 2. The summed E-state index contributed by atoms with van der Waals surface area (Å²) < 4.78 is 24.2. The number of anilines is 1. The van der Waals surface area contributed by atoms with Crippen LogP contribution in [0.1, 0.15) is 92.4 Å². The standard InChI is InChI=1S/C46H64N4O11/c1-22(2)21-50-18-16-46(17-19-50)48-34-31-32-39(54)28(8)42-33(31)43(56)45(10,61-42)59-20-15-30(58-11)25(5)41(60-29(9)51)27(7)38(53)26(6)37(52)23(3)13-12-14-24(4)44(57)47-36(40(32)55)35(34)49-46/h12-15,20,22-23,25-27,30,37-38,41,43,52-56H,16-19,21H2,1-11H3,(H,47,57)/b13-12+,20-15+,24-14-/t23-,25+,26+,27+,30-,37-,38+,41+,43+,45-/m0/s1. The van der Waals surface area contributed by atoms with E-state index in [0.29, 0.717) is 24.1 Å². The summed E-state index contributed by atoms with van der Waals surface area (Å²) in [5, 5.41) is 62.8. The van der Waals surface area contributed by atoms with Gasteiger partial charge in [-0.3, -0.25) is 19.6 Å². The van der Waals surface area contributed by atoms with Gasteiger partial charge in [0.2, 0.25) is 0 Å². The quantitative estimate of drug-likeness (QED) is 0.184. The Hall–Kier alpha value is -4.54. The second-order valence-corrected chi connectivity index (χ2v) is 18.1. The van der Waals surface area contributed by atoms with Gasteiger partial charge in [-0.15, -0.1) is 0 Å². The minimum absolute atomic E-state index is 0.0265. The Morgan fingerprint density at radius 2 is 1.62 bits per heavy atom. The maximum atomic E-state index is 13.9. The minimum Gasteiger partial charge on any atom is -0.507 e. The number of allylic oxidation sites excluding steroid dienone is 2. The predicted molar refractivity (Wildman–Crippen MR) is 228 cm³/mol. The molecule has 334 valence electrons. The number of aromatic hydroxyl groups is 2. The van der Waals surface area contributed by atoms with Gasteiger partial charge in [0.1, 0.15) is 28.6 Å². The number of phenols is 2. The lowest BCUT2D eigenvalue weighted by atomic mass is 9.78. The van der Waals surface area contributed by atoms with Gasteiger partial charge in [0, 0.05) is 99.2 Å². The van der Waals surface area contributed by atoms with Gasteiger partial charge in [0.05, 0.1) is 35.3 Å². The highest BCUT2D eigenvalue weighted by Gasteiger charge is 2.50. The minimum atomic E-state index is -1.76. The SMILES string of the molecule is CO[C@H]1/C=C/O[C@@]2(C)Oc3c(C)c(O)c4c(O)c(c5c(c4c3[C@H]2O)=NC2(CCN(CC(C)C)CC2)N=5)NC(=O)/C(C)=C\C=C\[C@H](C)[C@H](O)[C@@H](C)[C@@H](O)[C@@H](C)[C@H](OC(C)=O)[C@@H]1C. The van der Waals surface area contributed by atoms with E-state index in [4.69, 9.17) is 28.9 Å². The first kappa shape index (κ1) is 46.0. The third-order valence-electron chi connectivity index (χ3n) is 13.1. The molecule has 1 fully saturated rings. The highest BCUT2D eigenvalue weighted by atomic mass is 16.7. The third kappa shape index (κ3) is 8.64. The average molecular weight is 849 g/mol. The second-order valence-electron chi connectivity index (χ2n) is 18.1. The van der Waals surface area contributed by atoms with Crippen LogP contribution >= 0.6 is 0 Å². The zero-order valence-electron chi connectivity index (χ0n) is 37.2. The van der Waals surface area contributed by atoms with Crippen LogP contribution < -0.4 is 20.8 Å². The van der Waals surface area contributed by atoms with E-state index in [1.165, 1.54) is 20.3 Å². The molecule has 6 N–H and O–H groups in total. The van der Waals surface area contributed by atoms with Crippen molar-refractivity contribution in [2.75, 3.05) is 32.1 Å². The molecule has 15 heteroatoms. The fourth-order valence-electron chi connectivity index (χ4n) is 9.35. The van der Waals surface area contributed by atoms with Crippen LogP contribution in [0.4, 0.5) is 5.69 Å². The maximum absolute atomic E-state index is 13.9. The van der Waals surface area contributed by atoms with Crippen molar-refractivity contribution in [2.45, 2.75) is 124 Å². The van der Waals surface area contributed by atoms with Crippen LogP contribution in [0.15, 0.2) is 46.1 Å². The summed E-state index contributed by atoms with van der Waals surface area (Å²) in [5.74, 6) is -5.36. The molecule has 0 saturated carbocycles. The number of hydrogen-bond acceptors (Lipinski definition) is 14. The number of aliphatic hydroxyl groups is 3. The van der Waals surface area contributed by atoms with Crippen molar-refractivity contribution in [1.29, 1.82) is 0 Å². The Balaban J connectivity index is 1.54. The summed E-state index contributed by atoms with van der Waals surface area (Å²) in [4.78, 5) is 39.1. The van der Waals surface area contributed by atoms with Gasteiger partial charge >= 0.3 is 5.97 Å². The number of carbonyl (C=O) groups excluding carboxylic acids is 2. The topological polar surface area (TPSA) is 212 Å². The molecule has 4 heterocycles. The number of nitrogens with one attached hydrogen (secondary N) is 1. The van der Waals surface area contributed by atoms with E-state index in [9.17, 15) is 35.1 Å². The number of likely N-dealkylation sites (tertiary alicyclic amines) is 1. The molecule has 0 radical (unpaired) electrons. The van der Waals surface area contributed by atoms with Gasteiger partial charge < -0.3 is 54.7 Å². The molecule has 15 nitrogen and oxygen atoms in total. The number of amides is 1. The zero-order valence-corrected chi connectivity index (χ0v) is 37.2. The number of aliphatic hydroxyl groups excluding tert-OH is 3. The normalized spacial score (nSPS) is 33.9. The zero-order chi connectivity index (χ0) is 44.9. The summed E-state index contributed by atoms with van der Waals surface area (Å²) in [7, 11) is 1.48. The highest BCUT2D eigenvalue weighted by Crippen LogP contribution is 2.54. The molecule has 1 spiro atoms. The van der Waals surface area contributed by atoms with E-state index >= 15 is 0 Å². The van der Waals surface area contributed by atoms with Crippen molar-refractivity contribution in [2.24, 2.45) is 39.6 Å². The first-order chi connectivity index (χ1) is 28.6. The summed E-state index contributed by atoms with van der Waals surface area (Å²) in [6.45, 7) is 19.8. The summed E-state index contributed by atoms with van der Waals surface area (Å²) in [6.07, 6.45) is 3.79. The van der Waals surface area contributed by atoms with Crippen LogP contribution in [0.25, 0.3) is 10.8 Å². The first-order valence-corrected chi connectivity index (χ1v) is 21.4. The van der Waals surface area contributed by atoms with Crippen LogP contribution in [0.5, 0.6) is 17.2 Å². The molecule has 4 aliphatic rings. The molecule has 0 aromatic heterocycles. The first-order valence-electron chi connectivity index (χ1n) is 21.4. The van der Waals surface area contributed by atoms with E-state index in [2.05, 4.69) is 24.1 Å². The molecule has 4 bridgehead atoms. The number of esters is 1. The van der Waals surface area contributed by atoms with Crippen LogP contribution in [0.3, 0.4) is 0 Å². The average Bonchev–Trinajstić information content (AvgIpc) is 3.71. The Bertz CT molecular complexity index is 2250. The van der Waals surface area contributed by atoms with Crippen molar-refractivity contribution in [3.05, 3.63) is 58.0 Å². The molecular formula is C46H64N4O11. The molecule has 0 aliphatic carbocycles. The Labute approximate surface area is 357 Å². The maximum Gasteiger partial charge on any atom is 0.302 e. The van der Waals surface area contributed by atoms with Crippen LogP contribution in [0.2, 0.25) is 0 Å². The molecule has 4 aliphatic heterocycles. The van der Waals surface area contributed by atoms with Crippen molar-refractivity contribution in [3.63, 3.8) is 0 Å². The fourth-order valence-corrected chi connectivity index (χ4v) is 9.35. The van der Waals surface area contributed by atoms with E-state index in [0.717, 1.165) is 19.6 Å². The largest absolute Gasteiger partial charge is 0.507 e. The monoisotopic (exact) mass is 848 g/mol. The molecule has 1 saturated heterocycles. The van der Waals surface area contributed by atoms with Gasteiger partial charge in [0.25, 0.3) is 11.7 Å². The summed E-state index contributed by atoms with van der Waals surface area (Å²) in [5.41, 5.74) is -0.243. The third-order valence-corrected chi connectivity index (χ3v) is 13.1. The Morgan fingerprint density at radius 1 is 0.967 bits per heavy atom. The molecule has 10 atom stereocenters. The lowest BCUT2D eigenvalue weighted by Crippen LogP contribution is -2.46. The number of benzene rings is 2. The fraction of sp³-hybridized carbons (Fsp3) is 0.609. The van der Waals surface area contributed by atoms with Crippen LogP contribution in [0, 0.1) is 36.5 Å². The molecule has 61 heavy (non-hydrogen) atoms. The molecule has 1 amide bonds. The van der Waals surface area contributed by atoms with E-state index < -0.39 is 83.3 Å². The second kappa shape index (κ2) is 17.7. The van der Waals surface area contributed by atoms with Crippen molar-refractivity contribution in [1.82, 2.24) is 4.90 Å². The number of nitrogens with zero attached hydrogens (tertiary/aromatic N) is 3. The molecule has 6 rings (SSSR count). The number of rotatable bonds is 4. The Kier molecular flexibility index (Phi) is 13.3. The van der Waals surface area contributed by atoms with E-state index in [1.54, 1.807) is 65.8 Å². The smallest absolute Gasteiger partial charge is 0.302 e. The number of fused-ring (bicyclic) bond motifs is 1. The lowest BCUT2D eigenvalue weighted by molar-refractivity contribution is -0.181. The number of piperidine rings is 1. The van der Waals surface area contributed by atoms with Crippen molar-refractivity contribution in [3.8, 4) is 17.2 Å². The number of methoxy groups -OCH3 is 1. The highest BCUT2D eigenvalue weighted by molar-refractivity contribution is 6.08. The molecule has 2 aromatic rings. The predicted octanol–water partition coefficient (Wildman–Crippen LogP) is 4.60. The van der Waals surface area contributed by atoms with E-state index in [-0.39, 0.29) is 50.0 Å². The number of hydrogen-bond donors (Lipinski definition) is 6. The van der Waals surface area contributed by atoms with Crippen LogP contribution in [-0.2, 0) is 23.8 Å². The van der Waals surface area contributed by atoms with Gasteiger partial charge in [0.15, 0.2) is 17.5 Å². The molecule has 2 aromatic carbocycles. The molecule has 0 unspecified atom stereocenters. The van der Waals surface area contributed by atoms with Crippen LogP contribution in [-0.4, -0.2) is 105 Å². The van der Waals surface area contributed by atoms with E-state index in [1.807, 2.05) is 6.92 Å². The van der Waals surface area contributed by atoms with Crippen molar-refractivity contribution >= 4 is 28.3 Å². The lowest BCUT2D eigenvalue weighted by Gasteiger charge is -2.38. The van der Waals surface area contributed by atoms with Gasteiger partial charge in [-0.2, -0.15) is 0 Å². The molecular weight excluding hydrogens is 785 g/mol. The van der Waals surface area contributed by atoms with Gasteiger partial charge in [-0.1, -0.05) is 59.8 Å². The number of phenolic OH excluding ortho intramolecular Hbond substituents is 2. The van der Waals surface area contributed by atoms with Gasteiger partial charge in [-0.25, -0.2) is 0 Å². The van der Waals surface area contributed by atoms with Gasteiger partial charge in [-0.05, 0) is 25.8 Å². The Morgan fingerprint density at radius 3 is 2.25 bits per heavy atom. The number of ether oxygens (including phenoxy) is 4.